The van der Waals surface area contributed by atoms with Crippen LogP contribution < -0.4 is 10.6 Å². The highest BCUT2D eigenvalue weighted by Gasteiger charge is 2.35. The standard InChI is InChI=1S/C24H30FN3O2/c1-3-27(4-2)24(30)22(17-8-6-5-7-9-17)18-12-14-28(15-13-18)21-11-10-19(23(26)29)16-20(21)25/h5-11,16,18,22H,3-4,12-15H2,1-2H3,(H2,26,29). The lowest BCUT2D eigenvalue weighted by atomic mass is 9.79. The van der Waals surface area contributed by atoms with Gasteiger partial charge in [-0.25, -0.2) is 4.39 Å². The lowest BCUT2D eigenvalue weighted by Crippen LogP contribution is -2.42. The summed E-state index contributed by atoms with van der Waals surface area (Å²) in [6, 6.07) is 14.3. The molecule has 30 heavy (non-hydrogen) atoms. The molecule has 1 saturated heterocycles. The van der Waals surface area contributed by atoms with Gasteiger partial charge in [0.15, 0.2) is 0 Å². The van der Waals surface area contributed by atoms with E-state index in [-0.39, 0.29) is 23.3 Å². The molecule has 2 amide bonds. The molecule has 2 aromatic carbocycles. The van der Waals surface area contributed by atoms with Crippen LogP contribution in [-0.4, -0.2) is 42.9 Å². The van der Waals surface area contributed by atoms with Gasteiger partial charge in [-0.05, 0) is 56.4 Å². The number of carbonyl (C=O) groups excluding carboxylic acids is 2. The van der Waals surface area contributed by atoms with Crippen molar-refractivity contribution in [1.29, 1.82) is 0 Å². The number of hydrogen-bond donors (Lipinski definition) is 1. The predicted molar refractivity (Wildman–Crippen MR) is 117 cm³/mol. The first-order valence-corrected chi connectivity index (χ1v) is 10.6. The molecule has 0 radical (unpaired) electrons. The van der Waals surface area contributed by atoms with Crippen LogP contribution >= 0.6 is 0 Å². The minimum atomic E-state index is -0.639. The molecule has 1 unspecified atom stereocenters. The van der Waals surface area contributed by atoms with E-state index in [1.54, 1.807) is 12.1 Å². The highest BCUT2D eigenvalue weighted by Crippen LogP contribution is 2.36. The summed E-state index contributed by atoms with van der Waals surface area (Å²) in [5.41, 5.74) is 6.93. The molecule has 5 nitrogen and oxygen atoms in total. The highest BCUT2D eigenvalue weighted by atomic mass is 19.1. The topological polar surface area (TPSA) is 66.6 Å². The Hall–Kier alpha value is -2.89. The molecule has 0 spiro atoms. The van der Waals surface area contributed by atoms with Gasteiger partial charge >= 0.3 is 0 Å². The van der Waals surface area contributed by atoms with Crippen LogP contribution in [0.4, 0.5) is 10.1 Å². The number of likely N-dealkylation sites (N-methyl/N-ethyl adjacent to an activating group) is 1. The van der Waals surface area contributed by atoms with E-state index in [1.165, 1.54) is 6.07 Å². The zero-order chi connectivity index (χ0) is 21.7. The van der Waals surface area contributed by atoms with Crippen LogP contribution in [0.15, 0.2) is 48.5 Å². The second-order valence-electron chi connectivity index (χ2n) is 7.75. The number of nitrogens with zero attached hydrogens (tertiary/aromatic N) is 2. The number of carbonyl (C=O) groups is 2. The molecule has 160 valence electrons. The van der Waals surface area contributed by atoms with Gasteiger partial charge in [0.05, 0.1) is 11.6 Å². The third-order valence-corrected chi connectivity index (χ3v) is 6.08. The Morgan fingerprint density at radius 1 is 1.10 bits per heavy atom. The van der Waals surface area contributed by atoms with Crippen molar-refractivity contribution in [1.82, 2.24) is 4.90 Å². The highest BCUT2D eigenvalue weighted by molar-refractivity contribution is 5.93. The number of rotatable bonds is 7. The maximum absolute atomic E-state index is 14.5. The lowest BCUT2D eigenvalue weighted by molar-refractivity contribution is -0.134. The summed E-state index contributed by atoms with van der Waals surface area (Å²) in [5.74, 6) is -0.898. The van der Waals surface area contributed by atoms with Gasteiger partial charge in [0, 0.05) is 31.7 Å². The molecule has 0 aromatic heterocycles. The fourth-order valence-corrected chi connectivity index (χ4v) is 4.40. The van der Waals surface area contributed by atoms with Gasteiger partial charge < -0.3 is 15.5 Å². The molecule has 1 aliphatic heterocycles. The summed E-state index contributed by atoms with van der Waals surface area (Å²) in [6.07, 6.45) is 1.59. The molecular weight excluding hydrogens is 381 g/mol. The zero-order valence-corrected chi connectivity index (χ0v) is 17.7. The fraction of sp³-hybridized carbons (Fsp3) is 0.417. The molecule has 0 saturated carbocycles. The summed E-state index contributed by atoms with van der Waals surface area (Å²) >= 11 is 0. The summed E-state index contributed by atoms with van der Waals surface area (Å²) in [6.45, 7) is 6.71. The third-order valence-electron chi connectivity index (χ3n) is 6.08. The monoisotopic (exact) mass is 411 g/mol. The SMILES string of the molecule is CCN(CC)C(=O)C(c1ccccc1)C1CCN(c2ccc(C(N)=O)cc2F)CC1. The molecule has 2 aromatic rings. The maximum Gasteiger partial charge on any atom is 0.248 e. The van der Waals surface area contributed by atoms with Crippen LogP contribution in [0, 0.1) is 11.7 Å². The van der Waals surface area contributed by atoms with Crippen LogP contribution in [0.3, 0.4) is 0 Å². The summed E-state index contributed by atoms with van der Waals surface area (Å²) < 4.78 is 14.5. The van der Waals surface area contributed by atoms with E-state index in [1.807, 2.05) is 54.0 Å². The van der Waals surface area contributed by atoms with Crippen molar-refractivity contribution in [2.75, 3.05) is 31.1 Å². The minimum Gasteiger partial charge on any atom is -0.369 e. The first-order valence-electron chi connectivity index (χ1n) is 10.6. The number of benzene rings is 2. The van der Waals surface area contributed by atoms with Gasteiger partial charge in [0.2, 0.25) is 11.8 Å². The van der Waals surface area contributed by atoms with Crippen LogP contribution in [0.25, 0.3) is 0 Å². The second-order valence-corrected chi connectivity index (χ2v) is 7.75. The average molecular weight is 412 g/mol. The van der Waals surface area contributed by atoms with Crippen molar-refractivity contribution < 1.29 is 14.0 Å². The Bertz CT molecular complexity index is 875. The first-order chi connectivity index (χ1) is 14.5. The van der Waals surface area contributed by atoms with Crippen molar-refractivity contribution in [2.24, 2.45) is 11.7 Å². The summed E-state index contributed by atoms with van der Waals surface area (Å²) in [5, 5.41) is 0. The number of halogens is 1. The van der Waals surface area contributed by atoms with E-state index in [2.05, 4.69) is 0 Å². The molecule has 6 heteroatoms. The molecule has 3 rings (SSSR count). The summed E-state index contributed by atoms with van der Waals surface area (Å²) in [4.78, 5) is 28.5. The molecule has 1 fully saturated rings. The smallest absolute Gasteiger partial charge is 0.248 e. The van der Waals surface area contributed by atoms with Crippen molar-refractivity contribution >= 4 is 17.5 Å². The van der Waals surface area contributed by atoms with Crippen molar-refractivity contribution in [3.05, 3.63) is 65.5 Å². The van der Waals surface area contributed by atoms with Gasteiger partial charge in [-0.3, -0.25) is 9.59 Å². The third kappa shape index (κ3) is 4.64. The maximum atomic E-state index is 14.5. The molecular formula is C24H30FN3O2. The van der Waals surface area contributed by atoms with E-state index in [0.717, 1.165) is 18.4 Å². The number of piperidine rings is 1. The van der Waals surface area contributed by atoms with Gasteiger partial charge in [-0.2, -0.15) is 0 Å². The van der Waals surface area contributed by atoms with Gasteiger partial charge in [-0.1, -0.05) is 30.3 Å². The number of amides is 2. The van der Waals surface area contributed by atoms with Gasteiger partial charge in [0.25, 0.3) is 0 Å². The van der Waals surface area contributed by atoms with Crippen LogP contribution in [0.5, 0.6) is 0 Å². The van der Waals surface area contributed by atoms with Crippen molar-refractivity contribution in [3.8, 4) is 0 Å². The van der Waals surface area contributed by atoms with Crippen molar-refractivity contribution in [3.63, 3.8) is 0 Å². The average Bonchev–Trinajstić information content (AvgIpc) is 2.76. The van der Waals surface area contributed by atoms with Crippen molar-refractivity contribution in [2.45, 2.75) is 32.6 Å². The molecule has 2 N–H and O–H groups in total. The number of hydrogen-bond acceptors (Lipinski definition) is 3. The zero-order valence-electron chi connectivity index (χ0n) is 17.7. The molecule has 0 aliphatic carbocycles. The fourth-order valence-electron chi connectivity index (χ4n) is 4.40. The van der Waals surface area contributed by atoms with Crippen LogP contribution in [0.1, 0.15) is 48.5 Å². The van der Waals surface area contributed by atoms with E-state index in [0.29, 0.717) is 31.9 Å². The Kier molecular flexibility index (Phi) is 7.08. The Morgan fingerprint density at radius 2 is 1.73 bits per heavy atom. The normalized spacial score (nSPS) is 15.6. The van der Waals surface area contributed by atoms with Gasteiger partial charge in [0.1, 0.15) is 5.82 Å². The Morgan fingerprint density at radius 3 is 2.27 bits per heavy atom. The number of anilines is 1. The van der Waals surface area contributed by atoms with E-state index < -0.39 is 11.7 Å². The Balaban J connectivity index is 1.78. The van der Waals surface area contributed by atoms with E-state index in [9.17, 15) is 14.0 Å². The van der Waals surface area contributed by atoms with E-state index in [4.69, 9.17) is 5.73 Å². The largest absolute Gasteiger partial charge is 0.369 e. The lowest BCUT2D eigenvalue weighted by Gasteiger charge is -2.38. The Labute approximate surface area is 177 Å². The van der Waals surface area contributed by atoms with Crippen LogP contribution in [-0.2, 0) is 4.79 Å². The molecule has 0 bridgehead atoms. The van der Waals surface area contributed by atoms with Gasteiger partial charge in [-0.15, -0.1) is 0 Å². The number of nitrogens with two attached hydrogens (primary N) is 1. The van der Waals surface area contributed by atoms with E-state index >= 15 is 0 Å². The molecule has 1 atom stereocenters. The minimum absolute atomic E-state index is 0.167. The predicted octanol–water partition coefficient (Wildman–Crippen LogP) is 3.79. The quantitative estimate of drug-likeness (QED) is 0.754. The second kappa shape index (κ2) is 9.74. The van der Waals surface area contributed by atoms with Crippen LogP contribution in [0.2, 0.25) is 0 Å². The number of primary amides is 1. The molecule has 1 heterocycles. The molecule has 1 aliphatic rings. The summed E-state index contributed by atoms with van der Waals surface area (Å²) in [7, 11) is 0. The first kappa shape index (κ1) is 21.8.